The highest BCUT2D eigenvalue weighted by Gasteiger charge is 2.63. The highest BCUT2D eigenvalue weighted by atomic mass is 16.3. The second-order valence-corrected chi connectivity index (χ2v) is 8.87. The summed E-state index contributed by atoms with van der Waals surface area (Å²) in [5, 5.41) is 11.0. The van der Waals surface area contributed by atoms with Crippen LogP contribution in [0.15, 0.2) is 23.8 Å². The van der Waals surface area contributed by atoms with Crippen LogP contribution in [0.1, 0.15) is 52.4 Å². The summed E-state index contributed by atoms with van der Waals surface area (Å²) >= 11 is 0. The lowest BCUT2D eigenvalue weighted by Crippen LogP contribution is -2.54. The Kier molecular flexibility index (Phi) is 3.42. The summed E-state index contributed by atoms with van der Waals surface area (Å²) in [6, 6.07) is 0. The van der Waals surface area contributed by atoms with Crippen molar-refractivity contribution in [1.82, 2.24) is 0 Å². The molecule has 128 valence electrons. The van der Waals surface area contributed by atoms with Crippen LogP contribution in [-0.4, -0.2) is 16.5 Å². The van der Waals surface area contributed by atoms with Crippen molar-refractivity contribution in [3.8, 4) is 12.3 Å². The van der Waals surface area contributed by atoms with Gasteiger partial charge in [-0.15, -0.1) is 6.42 Å². The lowest BCUT2D eigenvalue weighted by atomic mass is 9.47. The zero-order chi connectivity index (χ0) is 17.3. The molecule has 0 aromatic rings. The molecule has 4 aliphatic rings. The predicted molar refractivity (Wildman–Crippen MR) is 94.9 cm³/mol. The summed E-state index contributed by atoms with van der Waals surface area (Å²) in [4.78, 5) is 11.9. The molecule has 3 fully saturated rings. The summed E-state index contributed by atoms with van der Waals surface area (Å²) in [5.74, 6) is 5.47. The van der Waals surface area contributed by atoms with E-state index in [0.717, 1.165) is 37.7 Å². The van der Waals surface area contributed by atoms with Gasteiger partial charge in [0.05, 0.1) is 0 Å². The third kappa shape index (κ3) is 1.85. The van der Waals surface area contributed by atoms with Gasteiger partial charge in [-0.2, -0.15) is 0 Å². The molecule has 2 nitrogen and oxygen atoms in total. The topological polar surface area (TPSA) is 37.3 Å². The molecule has 2 heteroatoms. The molecule has 5 unspecified atom stereocenters. The minimum Gasteiger partial charge on any atom is -0.377 e. The van der Waals surface area contributed by atoms with E-state index in [1.54, 1.807) is 0 Å². The van der Waals surface area contributed by atoms with E-state index in [1.807, 2.05) is 6.08 Å². The largest absolute Gasteiger partial charge is 0.377 e. The van der Waals surface area contributed by atoms with Gasteiger partial charge in [0.2, 0.25) is 0 Å². The van der Waals surface area contributed by atoms with Crippen LogP contribution >= 0.6 is 0 Å². The van der Waals surface area contributed by atoms with Crippen molar-refractivity contribution in [2.24, 2.45) is 35.0 Å². The van der Waals surface area contributed by atoms with Crippen molar-refractivity contribution in [3.05, 3.63) is 23.8 Å². The lowest BCUT2D eigenvalue weighted by molar-refractivity contribution is -0.116. The quantitative estimate of drug-likeness (QED) is 0.686. The van der Waals surface area contributed by atoms with E-state index in [0.29, 0.717) is 36.0 Å². The molecule has 0 radical (unpaired) electrons. The van der Waals surface area contributed by atoms with Gasteiger partial charge in [0, 0.05) is 11.8 Å². The Morgan fingerprint density at radius 2 is 2.08 bits per heavy atom. The number of carbonyl (C=O) groups excluding carboxylic acids is 1. The molecule has 24 heavy (non-hydrogen) atoms. The molecule has 0 aliphatic heterocycles. The number of allylic oxidation sites excluding steroid dienone is 2. The van der Waals surface area contributed by atoms with Gasteiger partial charge in [0.25, 0.3) is 0 Å². The van der Waals surface area contributed by atoms with Gasteiger partial charge in [-0.05, 0) is 78.9 Å². The fourth-order valence-corrected chi connectivity index (χ4v) is 6.74. The second kappa shape index (κ2) is 5.09. The molecular formula is C22H28O2. The average Bonchev–Trinajstić information content (AvgIpc) is 2.84. The standard InChI is InChI=1S/C22H28O2/c1-5-22(24)11-9-19-20-14(3)13(2)18-12-15(23)6-7-16(18)17(20)8-10-21(19,22)4/h1,12,14,16-17,19-20,24H,2,6-11H2,3-4H3/t14-,16?,17?,19?,20?,21?,22+/m1/s1. The molecular weight excluding hydrogens is 296 g/mol. The maximum atomic E-state index is 11.9. The van der Waals surface area contributed by atoms with E-state index < -0.39 is 5.60 Å². The van der Waals surface area contributed by atoms with Gasteiger partial charge < -0.3 is 5.11 Å². The van der Waals surface area contributed by atoms with Crippen molar-refractivity contribution < 1.29 is 9.90 Å². The summed E-state index contributed by atoms with van der Waals surface area (Å²) in [5.41, 5.74) is 1.26. The Balaban J connectivity index is 1.75. The smallest absolute Gasteiger partial charge is 0.156 e. The SMILES string of the molecule is C#C[C@]1(O)CCC2C3C(CCC21C)C1CCC(=O)C=C1C(=C)[C@H]3C. The van der Waals surface area contributed by atoms with Crippen molar-refractivity contribution in [2.75, 3.05) is 0 Å². The molecule has 7 atom stereocenters. The Labute approximate surface area is 145 Å². The fourth-order valence-electron chi connectivity index (χ4n) is 6.74. The molecule has 0 aromatic heterocycles. The average molecular weight is 324 g/mol. The normalized spacial score (nSPS) is 50.4. The van der Waals surface area contributed by atoms with Crippen molar-refractivity contribution in [1.29, 1.82) is 0 Å². The van der Waals surface area contributed by atoms with Crippen LogP contribution in [0.5, 0.6) is 0 Å². The van der Waals surface area contributed by atoms with Gasteiger partial charge in [0.1, 0.15) is 5.60 Å². The van der Waals surface area contributed by atoms with E-state index >= 15 is 0 Å². The minimum absolute atomic E-state index is 0.177. The van der Waals surface area contributed by atoms with Gasteiger partial charge in [-0.25, -0.2) is 0 Å². The van der Waals surface area contributed by atoms with Crippen LogP contribution in [0.4, 0.5) is 0 Å². The van der Waals surface area contributed by atoms with E-state index in [-0.39, 0.29) is 11.2 Å². The maximum absolute atomic E-state index is 11.9. The summed E-state index contributed by atoms with van der Waals surface area (Å²) in [6.07, 6.45) is 13.1. The number of carbonyl (C=O) groups is 1. The molecule has 0 saturated heterocycles. The molecule has 4 rings (SSSR count). The first-order valence-electron chi connectivity index (χ1n) is 9.46. The number of fused-ring (bicyclic) bond motifs is 5. The van der Waals surface area contributed by atoms with Crippen LogP contribution in [-0.2, 0) is 4.79 Å². The number of terminal acetylenes is 1. The minimum atomic E-state index is -0.956. The lowest BCUT2D eigenvalue weighted by Gasteiger charge is -2.57. The van der Waals surface area contributed by atoms with Crippen LogP contribution in [0, 0.1) is 47.3 Å². The van der Waals surface area contributed by atoms with E-state index in [4.69, 9.17) is 6.42 Å². The molecule has 3 saturated carbocycles. The third-order valence-electron chi connectivity index (χ3n) is 8.21. The fraction of sp³-hybridized carbons (Fsp3) is 0.682. The molecule has 0 spiro atoms. The molecule has 4 aliphatic carbocycles. The number of aliphatic hydroxyl groups is 1. The molecule has 1 N–H and O–H groups in total. The van der Waals surface area contributed by atoms with E-state index in [1.165, 1.54) is 5.57 Å². The van der Waals surface area contributed by atoms with Crippen molar-refractivity contribution in [3.63, 3.8) is 0 Å². The van der Waals surface area contributed by atoms with Gasteiger partial charge >= 0.3 is 0 Å². The third-order valence-corrected chi connectivity index (χ3v) is 8.21. The van der Waals surface area contributed by atoms with Crippen molar-refractivity contribution >= 4 is 5.78 Å². The van der Waals surface area contributed by atoms with Gasteiger partial charge in [-0.3, -0.25) is 4.79 Å². The van der Waals surface area contributed by atoms with Crippen LogP contribution in [0.25, 0.3) is 0 Å². The number of hydrogen-bond donors (Lipinski definition) is 1. The zero-order valence-corrected chi connectivity index (χ0v) is 14.8. The Hall–Kier alpha value is -1.33. The summed E-state index contributed by atoms with van der Waals surface area (Å²) in [7, 11) is 0. The Bertz CT molecular complexity index is 681. The first-order chi connectivity index (χ1) is 11.3. The monoisotopic (exact) mass is 324 g/mol. The highest BCUT2D eigenvalue weighted by molar-refractivity contribution is 5.92. The van der Waals surface area contributed by atoms with Crippen LogP contribution in [0.3, 0.4) is 0 Å². The number of ketones is 1. The van der Waals surface area contributed by atoms with Crippen LogP contribution in [0.2, 0.25) is 0 Å². The highest BCUT2D eigenvalue weighted by Crippen LogP contribution is 2.66. The van der Waals surface area contributed by atoms with Crippen molar-refractivity contribution in [2.45, 2.75) is 58.0 Å². The van der Waals surface area contributed by atoms with E-state index in [2.05, 4.69) is 26.3 Å². The van der Waals surface area contributed by atoms with Crippen LogP contribution < -0.4 is 0 Å². The molecule has 0 heterocycles. The maximum Gasteiger partial charge on any atom is 0.156 e. The van der Waals surface area contributed by atoms with Gasteiger partial charge in [-0.1, -0.05) is 26.3 Å². The summed E-state index contributed by atoms with van der Waals surface area (Å²) in [6.45, 7) is 8.86. The molecule has 0 amide bonds. The predicted octanol–water partition coefficient (Wildman–Crippen LogP) is 3.90. The summed E-state index contributed by atoms with van der Waals surface area (Å²) < 4.78 is 0. The molecule has 0 aromatic carbocycles. The Morgan fingerprint density at radius 1 is 1.33 bits per heavy atom. The van der Waals surface area contributed by atoms with E-state index in [9.17, 15) is 9.90 Å². The number of hydrogen-bond acceptors (Lipinski definition) is 2. The second-order valence-electron chi connectivity index (χ2n) is 8.87. The van der Waals surface area contributed by atoms with Gasteiger partial charge in [0.15, 0.2) is 5.78 Å². The first-order valence-corrected chi connectivity index (χ1v) is 9.46. The number of rotatable bonds is 0. The Morgan fingerprint density at radius 3 is 2.79 bits per heavy atom. The molecule has 0 bridgehead atoms. The zero-order valence-electron chi connectivity index (χ0n) is 14.8. The first kappa shape index (κ1) is 16.2.